The van der Waals surface area contributed by atoms with Crippen molar-refractivity contribution in [2.45, 2.75) is 50.5 Å². The number of hydrogen-bond donors (Lipinski definition) is 3. The molecule has 0 saturated carbocycles. The molecule has 7 heteroatoms. The summed E-state index contributed by atoms with van der Waals surface area (Å²) in [6.45, 7) is 6.01. The van der Waals surface area contributed by atoms with Crippen LogP contribution in [-0.2, 0) is 16.0 Å². The van der Waals surface area contributed by atoms with Gasteiger partial charge in [0.1, 0.15) is 11.6 Å². The SMILES string of the molecule is C=CCO[C@@H]1CC[C@H]([C@@H](O)[C@H](Cc2cc(F)cc(F)c2)NC(C)=O)NC1. The molecule has 3 N–H and O–H groups in total. The Morgan fingerprint density at radius 3 is 2.65 bits per heavy atom. The molecular weight excluding hydrogens is 342 g/mol. The quantitative estimate of drug-likeness (QED) is 0.611. The smallest absolute Gasteiger partial charge is 0.217 e. The van der Waals surface area contributed by atoms with E-state index in [0.717, 1.165) is 12.5 Å². The summed E-state index contributed by atoms with van der Waals surface area (Å²) in [4.78, 5) is 11.5. The van der Waals surface area contributed by atoms with E-state index in [4.69, 9.17) is 4.74 Å². The van der Waals surface area contributed by atoms with E-state index in [0.29, 0.717) is 25.1 Å². The van der Waals surface area contributed by atoms with Crippen molar-refractivity contribution in [3.63, 3.8) is 0 Å². The van der Waals surface area contributed by atoms with Crippen LogP contribution in [0, 0.1) is 11.6 Å². The Hall–Kier alpha value is -1.83. The lowest BCUT2D eigenvalue weighted by molar-refractivity contribution is -0.120. The van der Waals surface area contributed by atoms with E-state index in [9.17, 15) is 18.7 Å². The van der Waals surface area contributed by atoms with Gasteiger partial charge in [-0.25, -0.2) is 8.78 Å². The summed E-state index contributed by atoms with van der Waals surface area (Å²) in [6.07, 6.45) is 2.40. The van der Waals surface area contributed by atoms with E-state index in [1.165, 1.54) is 19.1 Å². The molecule has 1 saturated heterocycles. The highest BCUT2D eigenvalue weighted by atomic mass is 19.1. The maximum absolute atomic E-state index is 13.4. The molecule has 1 aromatic rings. The molecule has 1 fully saturated rings. The number of aliphatic hydroxyl groups excluding tert-OH is 1. The van der Waals surface area contributed by atoms with Crippen LogP contribution < -0.4 is 10.6 Å². The Labute approximate surface area is 152 Å². The number of carbonyl (C=O) groups is 1. The highest BCUT2D eigenvalue weighted by Crippen LogP contribution is 2.18. The van der Waals surface area contributed by atoms with E-state index in [2.05, 4.69) is 17.2 Å². The molecule has 4 atom stereocenters. The summed E-state index contributed by atoms with van der Waals surface area (Å²) in [6, 6.07) is 2.31. The van der Waals surface area contributed by atoms with E-state index in [-0.39, 0.29) is 24.5 Å². The topological polar surface area (TPSA) is 70.6 Å². The number of rotatable bonds is 8. The van der Waals surface area contributed by atoms with Crippen LogP contribution >= 0.6 is 0 Å². The molecule has 1 aliphatic heterocycles. The van der Waals surface area contributed by atoms with Gasteiger partial charge in [-0.1, -0.05) is 6.08 Å². The summed E-state index contributed by atoms with van der Waals surface area (Å²) in [7, 11) is 0. The van der Waals surface area contributed by atoms with Gasteiger partial charge < -0.3 is 20.5 Å². The molecule has 5 nitrogen and oxygen atoms in total. The van der Waals surface area contributed by atoms with E-state index >= 15 is 0 Å². The second kappa shape index (κ2) is 9.75. The number of aliphatic hydroxyl groups is 1. The Morgan fingerprint density at radius 2 is 2.12 bits per heavy atom. The average Bonchev–Trinajstić information content (AvgIpc) is 2.58. The number of carbonyl (C=O) groups excluding carboxylic acids is 1. The fraction of sp³-hybridized carbons (Fsp3) is 0.526. The van der Waals surface area contributed by atoms with Gasteiger partial charge in [-0.3, -0.25) is 4.79 Å². The monoisotopic (exact) mass is 368 g/mol. The van der Waals surface area contributed by atoms with E-state index in [1.54, 1.807) is 6.08 Å². The molecule has 1 aliphatic rings. The van der Waals surface area contributed by atoms with E-state index in [1.807, 2.05) is 0 Å². The molecule has 0 spiro atoms. The number of halogens is 2. The number of ether oxygens (including phenoxy) is 1. The lowest BCUT2D eigenvalue weighted by atomic mass is 9.90. The van der Waals surface area contributed by atoms with Gasteiger partial charge in [0.15, 0.2) is 0 Å². The summed E-state index contributed by atoms with van der Waals surface area (Å²) < 4.78 is 32.4. The molecule has 1 amide bonds. The van der Waals surface area contributed by atoms with Crippen molar-refractivity contribution in [2.75, 3.05) is 13.2 Å². The third-order valence-corrected chi connectivity index (χ3v) is 4.45. The van der Waals surface area contributed by atoms with Gasteiger partial charge >= 0.3 is 0 Å². The van der Waals surface area contributed by atoms with Crippen molar-refractivity contribution >= 4 is 5.91 Å². The fourth-order valence-corrected chi connectivity index (χ4v) is 3.27. The van der Waals surface area contributed by atoms with Crippen molar-refractivity contribution in [2.24, 2.45) is 0 Å². The molecule has 0 bridgehead atoms. The van der Waals surface area contributed by atoms with Gasteiger partial charge in [-0.15, -0.1) is 6.58 Å². The van der Waals surface area contributed by atoms with Crippen LogP contribution in [0.3, 0.4) is 0 Å². The van der Waals surface area contributed by atoms with Gasteiger partial charge in [-0.2, -0.15) is 0 Å². The van der Waals surface area contributed by atoms with Crippen LogP contribution in [0.4, 0.5) is 8.78 Å². The number of piperidine rings is 1. The molecule has 0 aliphatic carbocycles. The highest BCUT2D eigenvalue weighted by molar-refractivity contribution is 5.73. The first kappa shape index (κ1) is 20.5. The minimum Gasteiger partial charge on any atom is -0.389 e. The van der Waals surface area contributed by atoms with Gasteiger partial charge in [0.05, 0.1) is 24.9 Å². The van der Waals surface area contributed by atoms with Crippen LogP contribution in [0.15, 0.2) is 30.9 Å². The molecular formula is C19H26F2N2O3. The molecule has 0 unspecified atom stereocenters. The van der Waals surface area contributed by atoms with Gasteiger partial charge in [-0.05, 0) is 37.0 Å². The van der Waals surface area contributed by atoms with Crippen LogP contribution in [0.25, 0.3) is 0 Å². The second-order valence-corrected chi connectivity index (χ2v) is 6.62. The Balaban J connectivity index is 2.01. The second-order valence-electron chi connectivity index (χ2n) is 6.62. The maximum atomic E-state index is 13.4. The Kier molecular flexibility index (Phi) is 7.68. The molecule has 0 aromatic heterocycles. The molecule has 26 heavy (non-hydrogen) atoms. The fourth-order valence-electron chi connectivity index (χ4n) is 3.27. The summed E-state index contributed by atoms with van der Waals surface area (Å²) >= 11 is 0. The molecule has 2 rings (SSSR count). The maximum Gasteiger partial charge on any atom is 0.217 e. The van der Waals surface area contributed by atoms with Crippen LogP contribution in [0.1, 0.15) is 25.3 Å². The zero-order valence-electron chi connectivity index (χ0n) is 14.9. The third-order valence-electron chi connectivity index (χ3n) is 4.45. The minimum absolute atomic E-state index is 0.0491. The van der Waals surface area contributed by atoms with Gasteiger partial charge in [0.25, 0.3) is 0 Å². The first-order chi connectivity index (χ1) is 12.4. The predicted octanol–water partition coefficient (Wildman–Crippen LogP) is 1.70. The average molecular weight is 368 g/mol. The zero-order chi connectivity index (χ0) is 19.1. The standard InChI is InChI=1S/C19H26F2N2O3/c1-3-6-26-16-4-5-17(22-11-16)19(25)18(23-12(2)24)9-13-7-14(20)10-15(21)8-13/h3,7-8,10,16-19,22,25H,1,4-6,9,11H2,2H3,(H,23,24)/t16-,17-,18+,19-/m1/s1. The first-order valence-electron chi connectivity index (χ1n) is 8.75. The summed E-state index contributed by atoms with van der Waals surface area (Å²) in [5.41, 5.74) is 0.378. The van der Waals surface area contributed by atoms with Crippen LogP contribution in [0.2, 0.25) is 0 Å². The first-order valence-corrected chi connectivity index (χ1v) is 8.75. The molecule has 1 aromatic carbocycles. The molecule has 1 heterocycles. The van der Waals surface area contributed by atoms with Crippen molar-refractivity contribution < 1.29 is 23.4 Å². The normalized spacial score (nSPS) is 22.5. The van der Waals surface area contributed by atoms with Gasteiger partial charge in [0.2, 0.25) is 5.91 Å². The summed E-state index contributed by atoms with van der Waals surface area (Å²) in [5.74, 6) is -1.68. The third kappa shape index (κ3) is 6.16. The van der Waals surface area contributed by atoms with Crippen LogP contribution in [-0.4, -0.2) is 48.5 Å². The number of hydrogen-bond acceptors (Lipinski definition) is 4. The number of benzene rings is 1. The zero-order valence-corrected chi connectivity index (χ0v) is 14.9. The lowest BCUT2D eigenvalue weighted by Gasteiger charge is -2.36. The largest absolute Gasteiger partial charge is 0.389 e. The van der Waals surface area contributed by atoms with Gasteiger partial charge in [0, 0.05) is 25.6 Å². The predicted molar refractivity (Wildman–Crippen MR) is 94.6 cm³/mol. The number of amides is 1. The van der Waals surface area contributed by atoms with E-state index < -0.39 is 23.8 Å². The number of nitrogens with one attached hydrogen (secondary N) is 2. The highest BCUT2D eigenvalue weighted by Gasteiger charge is 2.32. The lowest BCUT2D eigenvalue weighted by Crippen LogP contribution is -2.56. The molecule has 144 valence electrons. The van der Waals surface area contributed by atoms with Crippen molar-refractivity contribution in [1.29, 1.82) is 0 Å². The van der Waals surface area contributed by atoms with Crippen molar-refractivity contribution in [3.8, 4) is 0 Å². The summed E-state index contributed by atoms with van der Waals surface area (Å²) in [5, 5.41) is 16.6. The van der Waals surface area contributed by atoms with Crippen molar-refractivity contribution in [3.05, 3.63) is 48.1 Å². The Bertz CT molecular complexity index is 599. The minimum atomic E-state index is -0.898. The molecule has 0 radical (unpaired) electrons. The van der Waals surface area contributed by atoms with Crippen LogP contribution in [0.5, 0.6) is 0 Å². The van der Waals surface area contributed by atoms with Crippen molar-refractivity contribution in [1.82, 2.24) is 10.6 Å². The Morgan fingerprint density at radius 1 is 1.42 bits per heavy atom.